The highest BCUT2D eigenvalue weighted by Gasteiger charge is 2.63. The fourth-order valence-corrected chi connectivity index (χ4v) is 5.16. The maximum absolute atomic E-state index is 4.97. The smallest absolute Gasteiger partial charge is 0.0890 e. The summed E-state index contributed by atoms with van der Waals surface area (Å²) in [4.78, 5) is 9.91. The van der Waals surface area contributed by atoms with Crippen LogP contribution in [0.25, 0.3) is 11.0 Å². The molecular weight excluding hydrogens is 300 g/mol. The van der Waals surface area contributed by atoms with E-state index in [2.05, 4.69) is 41.9 Å². The quantitative estimate of drug-likeness (QED) is 0.738. The molecule has 98 valence electrons. The van der Waals surface area contributed by atoms with Crippen molar-refractivity contribution in [2.75, 3.05) is 5.33 Å². The Morgan fingerprint density at radius 2 is 1.89 bits per heavy atom. The summed E-state index contributed by atoms with van der Waals surface area (Å²) >= 11 is 3.75. The van der Waals surface area contributed by atoms with E-state index in [-0.39, 0.29) is 10.8 Å². The standard InChI is InChI=1S/C16H17BrN2/c1-15-8-7-10(16(15,2)9-17)13-14(15)19-12-6-4-3-5-11(12)18-13/h3-6,10H,7-9H2,1-2H3/t10-,15+,16-/m0/s1. The van der Waals surface area contributed by atoms with Gasteiger partial charge in [0.25, 0.3) is 0 Å². The normalized spacial score (nSPS) is 35.8. The number of aromatic nitrogens is 2. The van der Waals surface area contributed by atoms with E-state index >= 15 is 0 Å². The van der Waals surface area contributed by atoms with E-state index in [1.807, 2.05) is 12.1 Å². The van der Waals surface area contributed by atoms with Crippen molar-refractivity contribution >= 4 is 27.0 Å². The fraction of sp³-hybridized carbons (Fsp3) is 0.500. The topological polar surface area (TPSA) is 25.8 Å². The summed E-state index contributed by atoms with van der Waals surface area (Å²) in [5, 5.41) is 1.02. The minimum Gasteiger partial charge on any atom is -0.249 e. The lowest BCUT2D eigenvalue weighted by atomic mass is 9.70. The molecule has 4 rings (SSSR count). The van der Waals surface area contributed by atoms with Crippen LogP contribution in [0.4, 0.5) is 0 Å². The number of alkyl halides is 1. The summed E-state index contributed by atoms with van der Waals surface area (Å²) in [6.45, 7) is 4.77. The van der Waals surface area contributed by atoms with Crippen LogP contribution in [0, 0.1) is 5.41 Å². The minimum atomic E-state index is 0.174. The van der Waals surface area contributed by atoms with Gasteiger partial charge in [-0.05, 0) is 30.4 Å². The van der Waals surface area contributed by atoms with E-state index in [0.29, 0.717) is 5.92 Å². The number of rotatable bonds is 1. The number of hydrogen-bond donors (Lipinski definition) is 0. The molecule has 1 fully saturated rings. The molecule has 0 saturated heterocycles. The van der Waals surface area contributed by atoms with Gasteiger partial charge in [-0.15, -0.1) is 0 Å². The van der Waals surface area contributed by atoms with Crippen molar-refractivity contribution in [1.82, 2.24) is 9.97 Å². The first kappa shape index (κ1) is 11.8. The third kappa shape index (κ3) is 1.23. The lowest BCUT2D eigenvalue weighted by Gasteiger charge is -2.36. The van der Waals surface area contributed by atoms with Crippen molar-refractivity contribution in [2.45, 2.75) is 38.0 Å². The summed E-state index contributed by atoms with van der Waals surface area (Å²) < 4.78 is 0. The molecule has 0 aliphatic heterocycles. The number of fused-ring (bicyclic) bond motifs is 6. The predicted octanol–water partition coefficient (Wildman–Crippen LogP) is 4.18. The molecular formula is C16H17BrN2. The molecule has 0 N–H and O–H groups in total. The van der Waals surface area contributed by atoms with Crippen LogP contribution < -0.4 is 0 Å². The largest absolute Gasteiger partial charge is 0.249 e. The lowest BCUT2D eigenvalue weighted by molar-refractivity contribution is 0.236. The highest BCUT2D eigenvalue weighted by Crippen LogP contribution is 2.67. The summed E-state index contributed by atoms with van der Waals surface area (Å²) in [6, 6.07) is 8.23. The molecule has 3 atom stereocenters. The third-order valence-corrected chi connectivity index (χ3v) is 6.86. The molecule has 2 aromatic rings. The number of halogens is 1. The van der Waals surface area contributed by atoms with Gasteiger partial charge in [-0.3, -0.25) is 0 Å². The second-order valence-electron chi connectivity index (χ2n) is 6.42. The second-order valence-corrected chi connectivity index (χ2v) is 6.98. The van der Waals surface area contributed by atoms with Crippen LogP contribution in [-0.4, -0.2) is 15.3 Å². The molecule has 2 bridgehead atoms. The lowest BCUT2D eigenvalue weighted by Crippen LogP contribution is -2.36. The van der Waals surface area contributed by atoms with Gasteiger partial charge < -0.3 is 0 Å². The van der Waals surface area contributed by atoms with Gasteiger partial charge in [-0.25, -0.2) is 9.97 Å². The Morgan fingerprint density at radius 1 is 1.21 bits per heavy atom. The molecule has 0 spiro atoms. The van der Waals surface area contributed by atoms with Gasteiger partial charge in [-0.1, -0.05) is 41.9 Å². The van der Waals surface area contributed by atoms with Crippen molar-refractivity contribution in [2.24, 2.45) is 5.41 Å². The van der Waals surface area contributed by atoms with Crippen LogP contribution in [0.2, 0.25) is 0 Å². The van der Waals surface area contributed by atoms with Crippen molar-refractivity contribution in [1.29, 1.82) is 0 Å². The zero-order valence-electron chi connectivity index (χ0n) is 11.3. The molecule has 2 aliphatic carbocycles. The Kier molecular flexibility index (Phi) is 2.22. The Hall–Kier alpha value is -0.960. The Bertz CT molecular complexity index is 684. The first-order chi connectivity index (χ1) is 9.10. The summed E-state index contributed by atoms with van der Waals surface area (Å²) in [5.74, 6) is 0.559. The highest BCUT2D eigenvalue weighted by atomic mass is 79.9. The average Bonchev–Trinajstić information content (AvgIpc) is 2.80. The van der Waals surface area contributed by atoms with Crippen LogP contribution in [0.5, 0.6) is 0 Å². The molecule has 3 heteroatoms. The predicted molar refractivity (Wildman–Crippen MR) is 80.8 cm³/mol. The van der Waals surface area contributed by atoms with Crippen molar-refractivity contribution < 1.29 is 0 Å². The Labute approximate surface area is 121 Å². The molecule has 1 aromatic heterocycles. The minimum absolute atomic E-state index is 0.174. The van der Waals surface area contributed by atoms with Gasteiger partial charge in [0.2, 0.25) is 0 Å². The van der Waals surface area contributed by atoms with Crippen LogP contribution >= 0.6 is 15.9 Å². The van der Waals surface area contributed by atoms with E-state index < -0.39 is 0 Å². The monoisotopic (exact) mass is 316 g/mol. The van der Waals surface area contributed by atoms with Crippen molar-refractivity contribution in [3.8, 4) is 0 Å². The molecule has 1 saturated carbocycles. The summed E-state index contributed by atoms with van der Waals surface area (Å²) in [6.07, 6.45) is 2.48. The molecule has 0 radical (unpaired) electrons. The van der Waals surface area contributed by atoms with Gasteiger partial charge in [0.1, 0.15) is 0 Å². The molecule has 0 amide bonds. The van der Waals surface area contributed by atoms with Crippen LogP contribution in [-0.2, 0) is 5.41 Å². The third-order valence-electron chi connectivity index (χ3n) is 5.69. The van der Waals surface area contributed by atoms with E-state index in [9.17, 15) is 0 Å². The molecule has 19 heavy (non-hydrogen) atoms. The van der Waals surface area contributed by atoms with Crippen molar-refractivity contribution in [3.63, 3.8) is 0 Å². The maximum Gasteiger partial charge on any atom is 0.0890 e. The van der Waals surface area contributed by atoms with Crippen LogP contribution in [0.15, 0.2) is 24.3 Å². The van der Waals surface area contributed by atoms with Crippen molar-refractivity contribution in [3.05, 3.63) is 35.7 Å². The molecule has 2 nitrogen and oxygen atoms in total. The number of para-hydroxylation sites is 2. The van der Waals surface area contributed by atoms with E-state index in [0.717, 1.165) is 16.4 Å². The maximum atomic E-state index is 4.97. The van der Waals surface area contributed by atoms with E-state index in [1.54, 1.807) is 0 Å². The van der Waals surface area contributed by atoms with Crippen LogP contribution in [0.1, 0.15) is 44.0 Å². The zero-order chi connectivity index (χ0) is 13.3. The van der Waals surface area contributed by atoms with Gasteiger partial charge in [0.05, 0.1) is 22.4 Å². The number of benzene rings is 1. The second kappa shape index (κ2) is 3.57. The number of nitrogens with zero attached hydrogens (tertiary/aromatic N) is 2. The van der Waals surface area contributed by atoms with Gasteiger partial charge in [-0.2, -0.15) is 0 Å². The van der Waals surface area contributed by atoms with Gasteiger partial charge >= 0.3 is 0 Å². The molecule has 0 unspecified atom stereocenters. The van der Waals surface area contributed by atoms with Gasteiger partial charge in [0, 0.05) is 16.7 Å². The SMILES string of the molecule is C[C@]1(CBr)[C@H]2CC[C@]1(C)c1nc3ccccc3nc12. The number of hydrogen-bond acceptors (Lipinski definition) is 2. The molecule has 1 aromatic carbocycles. The first-order valence-corrected chi connectivity index (χ1v) is 8.05. The van der Waals surface area contributed by atoms with Crippen LogP contribution in [0.3, 0.4) is 0 Å². The first-order valence-electron chi connectivity index (χ1n) is 6.93. The highest BCUT2D eigenvalue weighted by molar-refractivity contribution is 9.09. The van der Waals surface area contributed by atoms with E-state index in [4.69, 9.17) is 9.97 Å². The molecule has 1 heterocycles. The fourth-order valence-electron chi connectivity index (χ4n) is 4.15. The van der Waals surface area contributed by atoms with E-state index in [1.165, 1.54) is 24.2 Å². The Balaban J connectivity index is 2.05. The summed E-state index contributed by atoms with van der Waals surface area (Å²) in [7, 11) is 0. The summed E-state index contributed by atoms with van der Waals surface area (Å²) in [5.41, 5.74) is 5.01. The zero-order valence-corrected chi connectivity index (χ0v) is 12.9. The van der Waals surface area contributed by atoms with Gasteiger partial charge in [0.15, 0.2) is 0 Å². The Morgan fingerprint density at radius 3 is 2.58 bits per heavy atom. The average molecular weight is 317 g/mol. The molecule has 2 aliphatic rings.